The number of carbonyl (C=O) groups is 1. The molecule has 2 heterocycles. The predicted molar refractivity (Wildman–Crippen MR) is 95.9 cm³/mol. The molecule has 1 aliphatic heterocycles. The second-order valence-electron chi connectivity index (χ2n) is 5.75. The van der Waals surface area contributed by atoms with Gasteiger partial charge in [-0.05, 0) is 35.8 Å². The quantitative estimate of drug-likeness (QED) is 0.741. The Kier molecular flexibility index (Phi) is 5.75. The van der Waals surface area contributed by atoms with Gasteiger partial charge in [-0.2, -0.15) is 0 Å². The molecule has 1 amide bonds. The van der Waals surface area contributed by atoms with E-state index in [1.807, 2.05) is 47.5 Å². The van der Waals surface area contributed by atoms with E-state index in [1.165, 1.54) is 0 Å². The highest BCUT2D eigenvalue weighted by molar-refractivity contribution is 7.99. The molecule has 0 aliphatic carbocycles. The highest BCUT2D eigenvalue weighted by atomic mass is 32.2. The van der Waals surface area contributed by atoms with Crippen molar-refractivity contribution in [3.63, 3.8) is 0 Å². The standard InChI is InChI=1S/C19H22N2O2S/c1-2-24-18-11-10-16(13-20-18)17-9-6-12-21(17)19(22)23-14-15-7-4-3-5-8-15/h3-5,7-8,10-11,13,17H,2,6,9,12,14H2,1H3/t17-/m1/s1. The first-order valence-corrected chi connectivity index (χ1v) is 9.32. The summed E-state index contributed by atoms with van der Waals surface area (Å²) in [6.07, 6.45) is 3.61. The van der Waals surface area contributed by atoms with E-state index in [-0.39, 0.29) is 12.1 Å². The molecule has 3 rings (SSSR count). The topological polar surface area (TPSA) is 42.4 Å². The van der Waals surface area contributed by atoms with Crippen molar-refractivity contribution >= 4 is 17.9 Å². The molecule has 5 heteroatoms. The zero-order valence-electron chi connectivity index (χ0n) is 13.9. The average Bonchev–Trinajstić information content (AvgIpc) is 3.11. The number of ether oxygens (including phenoxy) is 1. The van der Waals surface area contributed by atoms with Crippen molar-refractivity contribution in [3.05, 3.63) is 59.8 Å². The molecule has 0 bridgehead atoms. The Labute approximate surface area is 147 Å². The molecule has 1 fully saturated rings. The second kappa shape index (κ2) is 8.20. The monoisotopic (exact) mass is 342 g/mol. The van der Waals surface area contributed by atoms with Crippen LogP contribution < -0.4 is 0 Å². The van der Waals surface area contributed by atoms with Crippen molar-refractivity contribution in [1.82, 2.24) is 9.88 Å². The highest BCUT2D eigenvalue weighted by Gasteiger charge is 2.31. The summed E-state index contributed by atoms with van der Waals surface area (Å²) in [5.41, 5.74) is 2.09. The lowest BCUT2D eigenvalue weighted by Crippen LogP contribution is -2.31. The van der Waals surface area contributed by atoms with Gasteiger partial charge in [-0.15, -0.1) is 11.8 Å². The Morgan fingerprint density at radius 3 is 2.83 bits per heavy atom. The Bertz CT molecular complexity index is 661. The van der Waals surface area contributed by atoms with Crippen LogP contribution in [0.4, 0.5) is 4.79 Å². The van der Waals surface area contributed by atoms with Gasteiger partial charge in [0.05, 0.1) is 11.1 Å². The second-order valence-corrected chi connectivity index (χ2v) is 7.04. The first kappa shape index (κ1) is 16.8. The van der Waals surface area contributed by atoms with Crippen LogP contribution in [0.1, 0.15) is 36.9 Å². The van der Waals surface area contributed by atoms with E-state index in [0.717, 1.165) is 41.3 Å². The average molecular weight is 342 g/mol. The van der Waals surface area contributed by atoms with Gasteiger partial charge in [-0.25, -0.2) is 9.78 Å². The van der Waals surface area contributed by atoms with E-state index >= 15 is 0 Å². The molecule has 0 saturated carbocycles. The van der Waals surface area contributed by atoms with Crippen molar-refractivity contribution in [2.24, 2.45) is 0 Å². The van der Waals surface area contributed by atoms with Crippen LogP contribution in [0.5, 0.6) is 0 Å². The number of nitrogens with zero attached hydrogens (tertiary/aromatic N) is 2. The maximum Gasteiger partial charge on any atom is 0.410 e. The zero-order valence-corrected chi connectivity index (χ0v) is 14.7. The van der Waals surface area contributed by atoms with Crippen molar-refractivity contribution in [3.8, 4) is 0 Å². The van der Waals surface area contributed by atoms with Gasteiger partial charge in [-0.1, -0.05) is 43.3 Å². The van der Waals surface area contributed by atoms with Crippen LogP contribution in [0.15, 0.2) is 53.7 Å². The van der Waals surface area contributed by atoms with Crippen LogP contribution in [-0.2, 0) is 11.3 Å². The number of benzene rings is 1. The maximum absolute atomic E-state index is 12.5. The molecule has 24 heavy (non-hydrogen) atoms. The Morgan fingerprint density at radius 1 is 1.29 bits per heavy atom. The molecule has 1 aliphatic rings. The van der Waals surface area contributed by atoms with Crippen LogP contribution in [-0.4, -0.2) is 28.3 Å². The third kappa shape index (κ3) is 4.09. The Morgan fingerprint density at radius 2 is 2.12 bits per heavy atom. The van der Waals surface area contributed by atoms with Crippen LogP contribution in [0, 0.1) is 0 Å². The molecule has 0 unspecified atom stereocenters. The summed E-state index contributed by atoms with van der Waals surface area (Å²) in [5, 5.41) is 1.03. The molecule has 1 saturated heterocycles. The van der Waals surface area contributed by atoms with Gasteiger partial charge in [-0.3, -0.25) is 0 Å². The van der Waals surface area contributed by atoms with Crippen molar-refractivity contribution < 1.29 is 9.53 Å². The third-order valence-electron chi connectivity index (χ3n) is 4.13. The first-order chi connectivity index (χ1) is 11.8. The molecule has 126 valence electrons. The molecule has 0 spiro atoms. The van der Waals surface area contributed by atoms with Crippen LogP contribution >= 0.6 is 11.8 Å². The lowest BCUT2D eigenvalue weighted by atomic mass is 10.1. The number of thioether (sulfide) groups is 1. The van der Waals surface area contributed by atoms with E-state index in [1.54, 1.807) is 11.8 Å². The number of rotatable bonds is 5. The SMILES string of the molecule is CCSc1ccc([C@H]2CCCN2C(=O)OCc2ccccc2)cn1. The Hall–Kier alpha value is -2.01. The van der Waals surface area contributed by atoms with Gasteiger partial charge in [0.15, 0.2) is 0 Å². The van der Waals surface area contributed by atoms with Crippen LogP contribution in [0.25, 0.3) is 0 Å². The fourth-order valence-corrected chi connectivity index (χ4v) is 3.54. The molecular weight excluding hydrogens is 320 g/mol. The molecule has 1 aromatic carbocycles. The minimum atomic E-state index is -0.242. The van der Waals surface area contributed by atoms with Gasteiger partial charge in [0.2, 0.25) is 0 Å². The summed E-state index contributed by atoms with van der Waals surface area (Å²) in [7, 11) is 0. The smallest absolute Gasteiger partial charge is 0.410 e. The van der Waals surface area contributed by atoms with Crippen molar-refractivity contribution in [2.75, 3.05) is 12.3 Å². The van der Waals surface area contributed by atoms with Crippen LogP contribution in [0.3, 0.4) is 0 Å². The van der Waals surface area contributed by atoms with E-state index in [0.29, 0.717) is 6.61 Å². The number of likely N-dealkylation sites (tertiary alicyclic amines) is 1. The van der Waals surface area contributed by atoms with Crippen LogP contribution in [0.2, 0.25) is 0 Å². The molecule has 0 radical (unpaired) electrons. The van der Waals surface area contributed by atoms with Gasteiger partial charge in [0, 0.05) is 12.7 Å². The van der Waals surface area contributed by atoms with Gasteiger partial charge < -0.3 is 9.64 Å². The van der Waals surface area contributed by atoms with E-state index in [2.05, 4.69) is 18.0 Å². The largest absolute Gasteiger partial charge is 0.445 e. The fraction of sp³-hybridized carbons (Fsp3) is 0.368. The molecular formula is C19H22N2O2S. The van der Waals surface area contributed by atoms with Gasteiger partial charge in [0.25, 0.3) is 0 Å². The van der Waals surface area contributed by atoms with Crippen molar-refractivity contribution in [1.29, 1.82) is 0 Å². The first-order valence-electron chi connectivity index (χ1n) is 8.34. The van der Waals surface area contributed by atoms with E-state index in [9.17, 15) is 4.79 Å². The molecule has 1 aromatic heterocycles. The van der Waals surface area contributed by atoms with E-state index < -0.39 is 0 Å². The number of hydrogen-bond acceptors (Lipinski definition) is 4. The molecule has 1 atom stereocenters. The highest BCUT2D eigenvalue weighted by Crippen LogP contribution is 2.32. The fourth-order valence-electron chi connectivity index (χ4n) is 2.96. The lowest BCUT2D eigenvalue weighted by Gasteiger charge is -2.24. The minimum absolute atomic E-state index is 0.0708. The number of aromatic nitrogens is 1. The number of amides is 1. The summed E-state index contributed by atoms with van der Waals surface area (Å²) in [5.74, 6) is 1.01. The normalized spacial score (nSPS) is 17.0. The number of carbonyl (C=O) groups excluding carboxylic acids is 1. The molecule has 2 aromatic rings. The summed E-state index contributed by atoms with van der Waals surface area (Å²) in [6, 6.07) is 14.0. The summed E-state index contributed by atoms with van der Waals surface area (Å²) < 4.78 is 5.49. The predicted octanol–water partition coefficient (Wildman–Crippen LogP) is 4.67. The molecule has 0 N–H and O–H groups in total. The summed E-state index contributed by atoms with van der Waals surface area (Å²) >= 11 is 1.72. The zero-order chi connectivity index (χ0) is 16.8. The maximum atomic E-state index is 12.5. The number of pyridine rings is 1. The Balaban J connectivity index is 1.63. The van der Waals surface area contributed by atoms with Gasteiger partial charge >= 0.3 is 6.09 Å². The molecule has 4 nitrogen and oxygen atoms in total. The van der Waals surface area contributed by atoms with Gasteiger partial charge in [0.1, 0.15) is 6.61 Å². The lowest BCUT2D eigenvalue weighted by molar-refractivity contribution is 0.0920. The minimum Gasteiger partial charge on any atom is -0.445 e. The number of hydrogen-bond donors (Lipinski definition) is 0. The van der Waals surface area contributed by atoms with E-state index in [4.69, 9.17) is 4.74 Å². The summed E-state index contributed by atoms with van der Waals surface area (Å²) in [6.45, 7) is 3.17. The van der Waals surface area contributed by atoms with Crippen molar-refractivity contribution in [2.45, 2.75) is 37.4 Å². The third-order valence-corrected chi connectivity index (χ3v) is 4.95. The summed E-state index contributed by atoms with van der Waals surface area (Å²) in [4.78, 5) is 18.8.